The Kier molecular flexibility index (Phi) is 16.0. The number of hydrogen-bond donors (Lipinski definition) is 4. The average Bonchev–Trinajstić information content (AvgIpc) is 4.06. The average molecular weight is 940 g/mol. The van der Waals surface area contributed by atoms with Gasteiger partial charge in [0.1, 0.15) is 18.0 Å². The van der Waals surface area contributed by atoms with Crippen LogP contribution in [0.15, 0.2) is 47.5 Å². The Bertz CT molecular complexity index is 2100. The molecule has 0 spiro atoms. The van der Waals surface area contributed by atoms with Crippen molar-refractivity contribution in [3.63, 3.8) is 0 Å². The zero-order chi connectivity index (χ0) is 45.7. The summed E-state index contributed by atoms with van der Waals surface area (Å²) < 4.78 is 12.3. The summed E-state index contributed by atoms with van der Waals surface area (Å²) in [5.41, 5.74) is 11.6. The number of nitrogens with zero attached hydrogens (tertiary/aromatic N) is 5. The Hall–Kier alpha value is -3.24. The zero-order valence-corrected chi connectivity index (χ0v) is 41.2. The third-order valence-corrected chi connectivity index (χ3v) is 18.1. The number of amides is 1. The maximum Gasteiger partial charge on any atom is 0.328 e. The molecule has 7 aliphatic rings. The van der Waals surface area contributed by atoms with E-state index in [1.165, 1.54) is 36.1 Å². The number of nitriles is 1. The van der Waals surface area contributed by atoms with Crippen LogP contribution < -0.4 is 26.2 Å². The molecule has 0 bridgehead atoms. The normalized spacial score (nSPS) is 35.5. The van der Waals surface area contributed by atoms with E-state index in [4.69, 9.17) is 30.9 Å². The Balaban J connectivity index is 0.764. The predicted molar refractivity (Wildman–Crippen MR) is 264 cm³/mol. The van der Waals surface area contributed by atoms with Gasteiger partial charge in [0.25, 0.3) is 6.07 Å². The molecule has 1 aliphatic carbocycles. The third-order valence-electron chi connectivity index (χ3n) is 16.2. The van der Waals surface area contributed by atoms with Crippen molar-refractivity contribution in [2.45, 2.75) is 171 Å². The lowest BCUT2D eigenvalue weighted by molar-refractivity contribution is -0.126. The lowest BCUT2D eigenvalue weighted by Gasteiger charge is -2.35. The summed E-state index contributed by atoms with van der Waals surface area (Å²) in [4.78, 5) is 29.9. The molecule has 66 heavy (non-hydrogen) atoms. The van der Waals surface area contributed by atoms with Gasteiger partial charge in [-0.25, -0.2) is 15.8 Å². The summed E-state index contributed by atoms with van der Waals surface area (Å²) in [6, 6.07) is 20.6. The van der Waals surface area contributed by atoms with Gasteiger partial charge in [-0.3, -0.25) is 20.0 Å². The molecule has 2 aromatic rings. The number of aryl methyl sites for hydroxylation is 1. The van der Waals surface area contributed by atoms with Crippen LogP contribution in [0.2, 0.25) is 5.02 Å². The second-order valence-electron chi connectivity index (χ2n) is 20.4. The van der Waals surface area contributed by atoms with E-state index in [9.17, 15) is 10.1 Å². The summed E-state index contributed by atoms with van der Waals surface area (Å²) in [5.74, 6) is 2.75. The van der Waals surface area contributed by atoms with Crippen LogP contribution in [0, 0.1) is 47.0 Å². The minimum Gasteiger partial charge on any atom is -0.490 e. The summed E-state index contributed by atoms with van der Waals surface area (Å²) >= 11 is 8.36. The van der Waals surface area contributed by atoms with Crippen LogP contribution in [0.25, 0.3) is 4.85 Å². The van der Waals surface area contributed by atoms with Crippen molar-refractivity contribution in [1.29, 1.82) is 5.26 Å². The van der Waals surface area contributed by atoms with Crippen LogP contribution in [0.4, 0.5) is 0 Å². The lowest BCUT2D eigenvalue weighted by atomic mass is 9.83. The Morgan fingerprint density at radius 3 is 2.55 bits per heavy atom. The van der Waals surface area contributed by atoms with Crippen molar-refractivity contribution in [2.75, 3.05) is 26.2 Å². The van der Waals surface area contributed by atoms with Gasteiger partial charge >= 0.3 is 6.17 Å². The molecule has 4 saturated heterocycles. The van der Waals surface area contributed by atoms with Gasteiger partial charge in [-0.2, -0.15) is 5.26 Å². The molecule has 1 amide bonds. The molecule has 1 saturated carbocycles. The number of thioether (sulfide) groups is 1. The van der Waals surface area contributed by atoms with E-state index >= 15 is 0 Å². The molecule has 14 heteroatoms. The largest absolute Gasteiger partial charge is 0.490 e. The van der Waals surface area contributed by atoms with E-state index in [-0.39, 0.29) is 60.7 Å². The highest BCUT2D eigenvalue weighted by atomic mass is 35.5. The fourth-order valence-electron chi connectivity index (χ4n) is 11.8. The van der Waals surface area contributed by atoms with Gasteiger partial charge in [-0.15, -0.1) is 11.8 Å². The van der Waals surface area contributed by atoms with Crippen LogP contribution in [0.3, 0.4) is 0 Å². The van der Waals surface area contributed by atoms with Crippen LogP contribution in [-0.2, 0) is 16.0 Å². The number of carbonyl (C=O) groups excluding carboxylic acids is 1. The molecule has 9 rings (SSSR count). The van der Waals surface area contributed by atoms with E-state index < -0.39 is 0 Å². The number of nitrogens with one attached hydrogen (secondary N) is 4. The molecule has 2 aromatic carbocycles. The second-order valence-corrected chi connectivity index (χ2v) is 22.3. The number of aliphatic imine (C=N–C) groups is 1. The number of ether oxygens (including phenoxy) is 2. The van der Waals surface area contributed by atoms with Gasteiger partial charge < -0.3 is 14.8 Å². The minimum atomic E-state index is -0.00360. The van der Waals surface area contributed by atoms with Crippen LogP contribution in [-0.4, -0.2) is 101 Å². The fourth-order valence-corrected chi connectivity index (χ4v) is 13.9. The van der Waals surface area contributed by atoms with Gasteiger partial charge in [0.2, 0.25) is 5.91 Å². The first-order chi connectivity index (χ1) is 32.1. The van der Waals surface area contributed by atoms with Crippen LogP contribution >= 0.6 is 23.4 Å². The number of benzene rings is 2. The van der Waals surface area contributed by atoms with Crippen molar-refractivity contribution in [2.24, 2.45) is 34.6 Å². The van der Waals surface area contributed by atoms with Gasteiger partial charge in [0, 0.05) is 67.4 Å². The van der Waals surface area contributed by atoms with Crippen molar-refractivity contribution in [1.82, 2.24) is 31.3 Å². The highest BCUT2D eigenvalue weighted by molar-refractivity contribution is 8.00. The zero-order valence-electron chi connectivity index (χ0n) is 39.6. The van der Waals surface area contributed by atoms with Crippen LogP contribution in [0.5, 0.6) is 5.75 Å². The molecular formula is C52H73ClN9O3S+. The number of fused-ring (bicyclic) bond motifs is 3. The van der Waals surface area contributed by atoms with E-state index in [0.29, 0.717) is 44.7 Å². The number of hydrazine groups is 1. The maximum absolute atomic E-state index is 13.9. The molecule has 10 unspecified atom stereocenters. The van der Waals surface area contributed by atoms with E-state index in [0.717, 1.165) is 96.9 Å². The lowest BCUT2D eigenvalue weighted by Crippen LogP contribution is -2.51. The Labute approximate surface area is 402 Å². The monoisotopic (exact) mass is 939 g/mol. The fraction of sp³-hybridized carbons (Fsp3) is 0.692. The first-order valence-electron chi connectivity index (χ1n) is 25.5. The molecular weight excluding hydrogens is 866 g/mol. The van der Waals surface area contributed by atoms with Gasteiger partial charge in [-0.05, 0) is 119 Å². The second kappa shape index (κ2) is 22.0. The van der Waals surface area contributed by atoms with Crippen molar-refractivity contribution >= 4 is 35.0 Å². The highest BCUT2D eigenvalue weighted by Crippen LogP contribution is 2.49. The molecule has 4 N–H and O–H groups in total. The van der Waals surface area contributed by atoms with Crippen LogP contribution in [0.1, 0.15) is 128 Å². The van der Waals surface area contributed by atoms with Gasteiger partial charge in [0.05, 0.1) is 53.0 Å². The molecule has 11 atom stereocenters. The highest BCUT2D eigenvalue weighted by Gasteiger charge is 2.53. The molecule has 6 aliphatic heterocycles. The number of likely N-dealkylation sites (tertiary alicyclic amines) is 1. The smallest absolute Gasteiger partial charge is 0.328 e. The number of rotatable bonds is 12. The Morgan fingerprint density at radius 2 is 1.82 bits per heavy atom. The molecule has 0 aromatic heterocycles. The number of halogens is 1. The standard InChI is InChI=1S/C52H72ClN9O3S/c1-5-35-8-13-39(51(63)57-41-16-19-42(20-17-41)65-43-18-14-40(30-54)44(53)28-43)15-21-46(56-31-35)61-25-22-37(23-26-61)7-6-36-9-11-38(12-10-36)49-48-32(2)33(3)66-52(48)62-34(4)59-60-50(62)45(58-49)29-47-55-24-27-64-47/h9-12,14,18,28,32-35,37,39,41-42,45-48,50,52,55,59-60H,5-8,13,15-17,19-27,29H2,1-4H3/p+1/t32?,33?,34?,35?,39?,41?,42?,45-,46?,47?,48?,50?,52?/m0/s1. The summed E-state index contributed by atoms with van der Waals surface area (Å²) in [6.45, 7) is 13.1. The van der Waals surface area contributed by atoms with Crippen molar-refractivity contribution < 1.29 is 14.3 Å². The summed E-state index contributed by atoms with van der Waals surface area (Å²) in [6.07, 6.45) is 14.2. The molecule has 0 radical (unpaired) electrons. The number of carbonyl (C=O) groups is 1. The first kappa shape index (κ1) is 47.8. The predicted octanol–water partition coefficient (Wildman–Crippen LogP) is 8.54. The first-order valence-corrected chi connectivity index (χ1v) is 26.8. The molecule has 5 fully saturated rings. The molecule has 6 heterocycles. The van der Waals surface area contributed by atoms with Gasteiger partial charge in [-0.1, -0.05) is 61.5 Å². The SMILES string of the molecule is CCC1C#[N+]C(N2CCC(CCc3ccc(C4=N[C@@H](CC5NCCO5)C5NNC(C)N5C5SC(C)C(C)C45)cc3)CC2)CCC(C(=O)NC2CCC(Oc3ccc(C#N)c(Cl)c3)CC2)CC1. The summed E-state index contributed by atoms with van der Waals surface area (Å²) in [7, 11) is 0. The number of piperidine rings is 1. The van der Waals surface area contributed by atoms with E-state index in [2.05, 4.69) is 107 Å². The summed E-state index contributed by atoms with van der Waals surface area (Å²) in [5, 5.41) is 17.5. The third kappa shape index (κ3) is 11.1. The van der Waals surface area contributed by atoms with E-state index in [1.54, 1.807) is 12.1 Å². The topological polar surface area (TPSA) is 131 Å². The van der Waals surface area contributed by atoms with Gasteiger partial charge in [0.15, 0.2) is 0 Å². The Morgan fingerprint density at radius 1 is 1.03 bits per heavy atom. The maximum atomic E-state index is 13.9. The molecule has 356 valence electrons. The quantitative estimate of drug-likeness (QED) is 0.164. The van der Waals surface area contributed by atoms with Crippen molar-refractivity contribution in [3.05, 3.63) is 69.0 Å². The van der Waals surface area contributed by atoms with E-state index in [1.807, 2.05) is 6.07 Å². The molecule has 12 nitrogen and oxygen atoms in total. The number of hydrogen-bond acceptors (Lipinski definition) is 11. The minimum absolute atomic E-state index is 0.00360. The van der Waals surface area contributed by atoms with Crippen molar-refractivity contribution in [3.8, 4) is 17.9 Å².